The standard InChI is InChI=1S/C24H38N4O2/c1-3-30-16-14-24(12-6-7-13-24)19-27-23(25-2)26-15-8-11-22(29)28-17-20-9-4-5-10-21(20)18-28/h4-5,9-10H,3,6-8,11-19H2,1-2H3,(H2,25,26,27). The molecule has 0 spiro atoms. The van der Waals surface area contributed by atoms with E-state index in [9.17, 15) is 4.79 Å². The second-order valence-corrected chi connectivity index (χ2v) is 8.63. The van der Waals surface area contributed by atoms with Gasteiger partial charge >= 0.3 is 0 Å². The Morgan fingerprint density at radius 2 is 1.87 bits per heavy atom. The maximum Gasteiger partial charge on any atom is 0.223 e. The average molecular weight is 415 g/mol. The molecule has 2 aliphatic rings. The van der Waals surface area contributed by atoms with Crippen LogP contribution in [0.1, 0.15) is 63.0 Å². The third kappa shape index (κ3) is 6.21. The first-order valence-electron chi connectivity index (χ1n) is 11.5. The van der Waals surface area contributed by atoms with Crippen LogP contribution in [0.5, 0.6) is 0 Å². The van der Waals surface area contributed by atoms with Gasteiger partial charge in [0.25, 0.3) is 0 Å². The summed E-state index contributed by atoms with van der Waals surface area (Å²) in [6, 6.07) is 8.32. The molecule has 1 fully saturated rings. The fraction of sp³-hybridized carbons (Fsp3) is 0.667. The Balaban J connectivity index is 1.35. The second kappa shape index (κ2) is 11.3. The Morgan fingerprint density at radius 3 is 2.50 bits per heavy atom. The molecule has 3 rings (SSSR count). The van der Waals surface area contributed by atoms with Gasteiger partial charge in [-0.3, -0.25) is 9.79 Å². The summed E-state index contributed by atoms with van der Waals surface area (Å²) in [6.07, 6.45) is 7.62. The van der Waals surface area contributed by atoms with Crippen LogP contribution in [-0.2, 0) is 22.6 Å². The van der Waals surface area contributed by atoms with Crippen LogP contribution in [0.25, 0.3) is 0 Å². The number of ether oxygens (including phenoxy) is 1. The molecule has 0 unspecified atom stereocenters. The lowest BCUT2D eigenvalue weighted by Gasteiger charge is -2.30. The van der Waals surface area contributed by atoms with E-state index in [1.54, 1.807) is 0 Å². The summed E-state index contributed by atoms with van der Waals surface area (Å²) in [5, 5.41) is 6.90. The first-order chi connectivity index (χ1) is 14.7. The fourth-order valence-electron chi connectivity index (χ4n) is 4.68. The largest absolute Gasteiger partial charge is 0.382 e. The molecule has 1 aliphatic heterocycles. The summed E-state index contributed by atoms with van der Waals surface area (Å²) in [7, 11) is 1.81. The first kappa shape index (κ1) is 22.6. The molecule has 0 aromatic heterocycles. The number of hydrogen-bond donors (Lipinski definition) is 2. The van der Waals surface area contributed by atoms with E-state index in [1.165, 1.54) is 36.8 Å². The van der Waals surface area contributed by atoms with Gasteiger partial charge in [-0.2, -0.15) is 0 Å². The first-order valence-corrected chi connectivity index (χ1v) is 11.5. The molecule has 1 aromatic carbocycles. The third-order valence-corrected chi connectivity index (χ3v) is 6.55. The number of aliphatic imine (C=N–C) groups is 1. The minimum absolute atomic E-state index is 0.233. The van der Waals surface area contributed by atoms with Crippen LogP contribution in [0.3, 0.4) is 0 Å². The highest BCUT2D eigenvalue weighted by Crippen LogP contribution is 2.40. The Bertz CT molecular complexity index is 688. The predicted octanol–water partition coefficient (Wildman–Crippen LogP) is 3.46. The number of nitrogens with one attached hydrogen (secondary N) is 2. The molecule has 1 saturated carbocycles. The summed E-state index contributed by atoms with van der Waals surface area (Å²) in [5.74, 6) is 1.07. The molecule has 6 heteroatoms. The molecular formula is C24H38N4O2. The van der Waals surface area contributed by atoms with Crippen molar-refractivity contribution >= 4 is 11.9 Å². The van der Waals surface area contributed by atoms with Crippen molar-refractivity contribution in [3.05, 3.63) is 35.4 Å². The van der Waals surface area contributed by atoms with E-state index >= 15 is 0 Å². The maximum atomic E-state index is 12.5. The number of amides is 1. The number of nitrogens with zero attached hydrogens (tertiary/aromatic N) is 2. The number of hydrogen-bond acceptors (Lipinski definition) is 3. The van der Waals surface area contributed by atoms with Crippen LogP contribution >= 0.6 is 0 Å². The van der Waals surface area contributed by atoms with Gasteiger partial charge in [-0.05, 0) is 49.1 Å². The lowest BCUT2D eigenvalue weighted by molar-refractivity contribution is -0.131. The van der Waals surface area contributed by atoms with Gasteiger partial charge in [0.05, 0.1) is 0 Å². The number of carbonyl (C=O) groups excluding carboxylic acids is 1. The van der Waals surface area contributed by atoms with Crippen molar-refractivity contribution in [2.75, 3.05) is 33.4 Å². The molecule has 0 saturated heterocycles. The van der Waals surface area contributed by atoms with Crippen molar-refractivity contribution in [1.82, 2.24) is 15.5 Å². The molecule has 0 radical (unpaired) electrons. The van der Waals surface area contributed by atoms with Gasteiger partial charge in [0.2, 0.25) is 5.91 Å². The van der Waals surface area contributed by atoms with Crippen LogP contribution in [0, 0.1) is 5.41 Å². The molecule has 6 nitrogen and oxygen atoms in total. The lowest BCUT2D eigenvalue weighted by Crippen LogP contribution is -2.43. The smallest absolute Gasteiger partial charge is 0.223 e. The highest BCUT2D eigenvalue weighted by Gasteiger charge is 2.33. The number of rotatable bonds is 10. The van der Waals surface area contributed by atoms with Crippen molar-refractivity contribution in [3.8, 4) is 0 Å². The van der Waals surface area contributed by atoms with Gasteiger partial charge < -0.3 is 20.3 Å². The normalized spacial score (nSPS) is 17.8. The minimum Gasteiger partial charge on any atom is -0.382 e. The van der Waals surface area contributed by atoms with Crippen molar-refractivity contribution in [3.63, 3.8) is 0 Å². The van der Waals surface area contributed by atoms with Crippen molar-refractivity contribution in [2.45, 2.75) is 65.0 Å². The van der Waals surface area contributed by atoms with E-state index in [-0.39, 0.29) is 5.91 Å². The third-order valence-electron chi connectivity index (χ3n) is 6.55. The summed E-state index contributed by atoms with van der Waals surface area (Å²) >= 11 is 0. The van der Waals surface area contributed by atoms with Gasteiger partial charge in [-0.15, -0.1) is 0 Å². The number of benzene rings is 1. The Hall–Kier alpha value is -2.08. The average Bonchev–Trinajstić information content (AvgIpc) is 3.41. The van der Waals surface area contributed by atoms with Gasteiger partial charge in [-0.1, -0.05) is 37.1 Å². The molecule has 1 aliphatic carbocycles. The van der Waals surface area contributed by atoms with E-state index < -0.39 is 0 Å². The van der Waals surface area contributed by atoms with Crippen LogP contribution in [0.2, 0.25) is 0 Å². The van der Waals surface area contributed by atoms with Crippen LogP contribution in [0.4, 0.5) is 0 Å². The van der Waals surface area contributed by atoms with Gasteiger partial charge in [0.15, 0.2) is 5.96 Å². The van der Waals surface area contributed by atoms with Crippen LogP contribution in [0.15, 0.2) is 29.3 Å². The fourth-order valence-corrected chi connectivity index (χ4v) is 4.68. The van der Waals surface area contributed by atoms with E-state index in [0.717, 1.165) is 58.2 Å². The molecular weight excluding hydrogens is 376 g/mol. The summed E-state index contributed by atoms with van der Waals surface area (Å²) in [4.78, 5) is 18.9. The Kier molecular flexibility index (Phi) is 8.55. The molecule has 1 aromatic rings. The summed E-state index contributed by atoms with van der Waals surface area (Å²) in [5.41, 5.74) is 2.88. The quantitative estimate of drug-likeness (QED) is 0.350. The second-order valence-electron chi connectivity index (χ2n) is 8.63. The summed E-state index contributed by atoms with van der Waals surface area (Å²) < 4.78 is 5.61. The lowest BCUT2D eigenvalue weighted by atomic mass is 9.83. The molecule has 2 N–H and O–H groups in total. The molecule has 0 atom stereocenters. The van der Waals surface area contributed by atoms with Crippen molar-refractivity contribution in [2.24, 2.45) is 10.4 Å². The monoisotopic (exact) mass is 414 g/mol. The van der Waals surface area contributed by atoms with E-state index in [2.05, 4.69) is 34.7 Å². The Labute approximate surface area is 181 Å². The van der Waals surface area contributed by atoms with Gasteiger partial charge in [-0.25, -0.2) is 0 Å². The SMILES string of the molecule is CCOCCC1(CNC(=NC)NCCCC(=O)N2Cc3ccccc3C2)CCCC1. The number of fused-ring (bicyclic) bond motifs is 1. The van der Waals surface area contributed by atoms with Crippen molar-refractivity contribution in [1.29, 1.82) is 0 Å². The van der Waals surface area contributed by atoms with Gasteiger partial charge in [0, 0.05) is 52.9 Å². The molecule has 166 valence electrons. The van der Waals surface area contributed by atoms with E-state index in [1.807, 2.05) is 24.1 Å². The highest BCUT2D eigenvalue weighted by atomic mass is 16.5. The van der Waals surface area contributed by atoms with E-state index in [4.69, 9.17) is 4.74 Å². The summed E-state index contributed by atoms with van der Waals surface area (Å²) in [6.45, 7) is 6.86. The zero-order chi connectivity index (χ0) is 21.2. The van der Waals surface area contributed by atoms with Crippen LogP contribution < -0.4 is 10.6 Å². The zero-order valence-corrected chi connectivity index (χ0v) is 18.7. The molecule has 1 amide bonds. The van der Waals surface area contributed by atoms with E-state index in [0.29, 0.717) is 11.8 Å². The minimum atomic E-state index is 0.233. The maximum absolute atomic E-state index is 12.5. The molecule has 1 heterocycles. The highest BCUT2D eigenvalue weighted by molar-refractivity contribution is 5.80. The number of carbonyl (C=O) groups is 1. The van der Waals surface area contributed by atoms with Gasteiger partial charge in [0.1, 0.15) is 0 Å². The molecule has 0 bridgehead atoms. The van der Waals surface area contributed by atoms with Crippen LogP contribution in [-0.4, -0.2) is 50.1 Å². The van der Waals surface area contributed by atoms with Crippen molar-refractivity contribution < 1.29 is 9.53 Å². The topological polar surface area (TPSA) is 66.0 Å². The Morgan fingerprint density at radius 1 is 1.17 bits per heavy atom. The zero-order valence-electron chi connectivity index (χ0n) is 18.7. The predicted molar refractivity (Wildman–Crippen MR) is 121 cm³/mol. The number of guanidine groups is 1. The molecule has 30 heavy (non-hydrogen) atoms.